The standard InChI is InChI=1S/C22H23NO2.C4H7NO2/c24-21(19-11-7-8-17-12-15-25-20(17)19)23-16-22(13-5-2-6-14-22)18-9-3-1-4-10-18;1-2-3-5-4(6)7/h1,3-4,7-12,15H,2,5-6,13-14,16H2,(H,23,24);2,5H,1,3H2,(H,6,7). The summed E-state index contributed by atoms with van der Waals surface area (Å²) in [6.07, 6.45) is 8.08. The highest BCUT2D eigenvalue weighted by atomic mass is 16.4. The van der Waals surface area contributed by atoms with Gasteiger partial charge in [-0.15, -0.1) is 6.58 Å². The van der Waals surface area contributed by atoms with Gasteiger partial charge in [0.1, 0.15) is 5.58 Å². The van der Waals surface area contributed by atoms with Crippen molar-refractivity contribution in [1.82, 2.24) is 10.6 Å². The van der Waals surface area contributed by atoms with Gasteiger partial charge < -0.3 is 20.2 Å². The third-order valence-corrected chi connectivity index (χ3v) is 5.91. The van der Waals surface area contributed by atoms with Crippen molar-refractivity contribution in [3.8, 4) is 0 Å². The quantitative estimate of drug-likeness (QED) is 0.447. The van der Waals surface area contributed by atoms with Crippen LogP contribution in [0.25, 0.3) is 11.0 Å². The number of nitrogens with one attached hydrogen (secondary N) is 2. The first-order chi connectivity index (χ1) is 15.6. The minimum Gasteiger partial charge on any atom is -0.465 e. The Hall–Kier alpha value is -3.54. The summed E-state index contributed by atoms with van der Waals surface area (Å²) in [7, 11) is 0. The predicted molar refractivity (Wildman–Crippen MR) is 126 cm³/mol. The highest BCUT2D eigenvalue weighted by Gasteiger charge is 2.34. The Balaban J connectivity index is 0.000000360. The van der Waals surface area contributed by atoms with Gasteiger partial charge in [-0.25, -0.2) is 4.79 Å². The van der Waals surface area contributed by atoms with Crippen molar-refractivity contribution < 1.29 is 19.1 Å². The molecule has 1 aliphatic rings. The Bertz CT molecular complexity index is 1040. The number of hydrogen-bond donors (Lipinski definition) is 3. The molecular formula is C26H30N2O4. The average Bonchev–Trinajstić information content (AvgIpc) is 3.32. The van der Waals surface area contributed by atoms with Gasteiger partial charge in [0.25, 0.3) is 5.91 Å². The van der Waals surface area contributed by atoms with Crippen molar-refractivity contribution in [3.63, 3.8) is 0 Å². The van der Waals surface area contributed by atoms with E-state index in [1.807, 2.05) is 24.3 Å². The highest BCUT2D eigenvalue weighted by molar-refractivity contribution is 6.04. The number of rotatable bonds is 6. The summed E-state index contributed by atoms with van der Waals surface area (Å²) in [6.45, 7) is 4.30. The van der Waals surface area contributed by atoms with Crippen LogP contribution in [0.4, 0.5) is 4.79 Å². The van der Waals surface area contributed by atoms with Crippen LogP contribution in [0.2, 0.25) is 0 Å². The van der Waals surface area contributed by atoms with Gasteiger partial charge in [0.05, 0.1) is 11.8 Å². The summed E-state index contributed by atoms with van der Waals surface area (Å²) in [5.41, 5.74) is 2.66. The number of furan rings is 1. The summed E-state index contributed by atoms with van der Waals surface area (Å²) in [4.78, 5) is 22.4. The smallest absolute Gasteiger partial charge is 0.404 e. The van der Waals surface area contributed by atoms with Crippen LogP contribution >= 0.6 is 0 Å². The molecule has 2 aromatic carbocycles. The zero-order valence-corrected chi connectivity index (χ0v) is 18.2. The summed E-state index contributed by atoms with van der Waals surface area (Å²) >= 11 is 0. The minimum absolute atomic E-state index is 0.0478. The molecule has 1 aromatic heterocycles. The van der Waals surface area contributed by atoms with E-state index in [1.54, 1.807) is 6.26 Å². The maximum Gasteiger partial charge on any atom is 0.404 e. The topological polar surface area (TPSA) is 91.6 Å². The molecule has 1 aliphatic carbocycles. The molecule has 0 bridgehead atoms. The van der Waals surface area contributed by atoms with Crippen molar-refractivity contribution >= 4 is 23.0 Å². The van der Waals surface area contributed by atoms with E-state index in [9.17, 15) is 9.59 Å². The Morgan fingerprint density at radius 2 is 1.75 bits per heavy atom. The molecule has 0 aliphatic heterocycles. The Morgan fingerprint density at radius 3 is 2.41 bits per heavy atom. The molecule has 3 N–H and O–H groups in total. The van der Waals surface area contributed by atoms with Crippen molar-refractivity contribution in [1.29, 1.82) is 0 Å². The first-order valence-corrected chi connectivity index (χ1v) is 10.9. The van der Waals surface area contributed by atoms with Crippen LogP contribution in [0.1, 0.15) is 48.0 Å². The lowest BCUT2D eigenvalue weighted by Crippen LogP contribution is -2.42. The van der Waals surface area contributed by atoms with Crippen molar-refractivity contribution in [2.45, 2.75) is 37.5 Å². The molecule has 1 heterocycles. The van der Waals surface area contributed by atoms with Gasteiger partial charge in [-0.1, -0.05) is 67.8 Å². The molecule has 0 radical (unpaired) electrons. The fraction of sp³-hybridized carbons (Fsp3) is 0.308. The van der Waals surface area contributed by atoms with Gasteiger partial charge in [-0.3, -0.25) is 4.79 Å². The van der Waals surface area contributed by atoms with E-state index in [-0.39, 0.29) is 11.3 Å². The lowest BCUT2D eigenvalue weighted by atomic mass is 9.69. The third-order valence-electron chi connectivity index (χ3n) is 5.91. The van der Waals surface area contributed by atoms with E-state index < -0.39 is 6.09 Å². The van der Waals surface area contributed by atoms with E-state index in [4.69, 9.17) is 9.52 Å². The second-order valence-corrected chi connectivity index (χ2v) is 8.01. The van der Waals surface area contributed by atoms with Crippen LogP contribution in [0, 0.1) is 0 Å². The molecule has 168 valence electrons. The second kappa shape index (κ2) is 11.2. The highest BCUT2D eigenvalue weighted by Crippen LogP contribution is 2.39. The van der Waals surface area contributed by atoms with Crippen LogP contribution in [0.5, 0.6) is 0 Å². The van der Waals surface area contributed by atoms with Crippen molar-refractivity contribution in [3.05, 3.63) is 84.6 Å². The van der Waals surface area contributed by atoms with E-state index in [0.717, 1.165) is 18.2 Å². The fourth-order valence-corrected chi connectivity index (χ4v) is 4.26. The number of carboxylic acid groups (broad SMARTS) is 1. The first kappa shape index (κ1) is 23.1. The number of amides is 2. The average molecular weight is 435 g/mol. The molecule has 2 amide bonds. The predicted octanol–water partition coefficient (Wildman–Crippen LogP) is 5.50. The number of para-hydroxylation sites is 1. The normalized spacial score (nSPS) is 14.6. The molecule has 4 rings (SSSR count). The number of hydrogen-bond acceptors (Lipinski definition) is 3. The lowest BCUT2D eigenvalue weighted by molar-refractivity contribution is 0.0937. The van der Waals surface area contributed by atoms with Crippen LogP contribution < -0.4 is 10.6 Å². The van der Waals surface area contributed by atoms with Gasteiger partial charge >= 0.3 is 6.09 Å². The molecule has 0 atom stereocenters. The summed E-state index contributed by atoms with van der Waals surface area (Å²) in [5.74, 6) is -0.0542. The van der Waals surface area contributed by atoms with Crippen LogP contribution in [0.3, 0.4) is 0 Å². The van der Waals surface area contributed by atoms with Crippen molar-refractivity contribution in [2.24, 2.45) is 0 Å². The van der Waals surface area contributed by atoms with E-state index >= 15 is 0 Å². The molecule has 0 spiro atoms. The van der Waals surface area contributed by atoms with Gasteiger partial charge in [0, 0.05) is 23.9 Å². The molecule has 0 saturated heterocycles. The minimum atomic E-state index is -1.01. The monoisotopic (exact) mass is 434 g/mol. The molecular weight excluding hydrogens is 404 g/mol. The van der Waals surface area contributed by atoms with E-state index in [2.05, 4.69) is 47.5 Å². The fourth-order valence-electron chi connectivity index (χ4n) is 4.26. The SMILES string of the molecule is C=CCNC(=O)O.O=C(NCC1(c2ccccc2)CCCCC1)c1cccc2ccoc12. The lowest BCUT2D eigenvalue weighted by Gasteiger charge is -2.38. The number of fused-ring (bicyclic) bond motifs is 1. The largest absolute Gasteiger partial charge is 0.465 e. The molecule has 0 unspecified atom stereocenters. The number of benzene rings is 2. The zero-order chi connectivity index (χ0) is 22.8. The van der Waals surface area contributed by atoms with Crippen LogP contribution in [-0.4, -0.2) is 30.2 Å². The molecule has 1 saturated carbocycles. The van der Waals surface area contributed by atoms with Crippen molar-refractivity contribution in [2.75, 3.05) is 13.1 Å². The number of carbonyl (C=O) groups excluding carboxylic acids is 1. The molecule has 1 fully saturated rings. The van der Waals surface area contributed by atoms with E-state index in [0.29, 0.717) is 24.2 Å². The maximum atomic E-state index is 12.8. The Morgan fingerprint density at radius 1 is 1.00 bits per heavy atom. The van der Waals surface area contributed by atoms with Gasteiger partial charge in [0.2, 0.25) is 0 Å². The maximum absolute atomic E-state index is 12.8. The number of carbonyl (C=O) groups is 2. The van der Waals surface area contributed by atoms with Gasteiger partial charge in [-0.05, 0) is 30.5 Å². The Labute approximate surface area is 188 Å². The van der Waals surface area contributed by atoms with Crippen LogP contribution in [-0.2, 0) is 5.41 Å². The van der Waals surface area contributed by atoms with Gasteiger partial charge in [0.15, 0.2) is 0 Å². The molecule has 6 heteroatoms. The summed E-state index contributed by atoms with van der Waals surface area (Å²) < 4.78 is 5.51. The van der Waals surface area contributed by atoms with Crippen LogP contribution in [0.15, 0.2) is 77.9 Å². The molecule has 6 nitrogen and oxygen atoms in total. The zero-order valence-electron chi connectivity index (χ0n) is 18.2. The Kier molecular flexibility index (Phi) is 8.08. The first-order valence-electron chi connectivity index (χ1n) is 10.9. The second-order valence-electron chi connectivity index (χ2n) is 8.01. The summed E-state index contributed by atoms with van der Waals surface area (Å²) in [6, 6.07) is 18.2. The molecule has 3 aromatic rings. The van der Waals surface area contributed by atoms with E-state index in [1.165, 1.54) is 30.9 Å². The summed E-state index contributed by atoms with van der Waals surface area (Å²) in [5, 5.41) is 14.1. The third kappa shape index (κ3) is 5.78. The van der Waals surface area contributed by atoms with Gasteiger partial charge in [-0.2, -0.15) is 0 Å². The molecule has 32 heavy (non-hydrogen) atoms.